The lowest BCUT2D eigenvalue weighted by Gasteiger charge is -2.36. The Balaban J connectivity index is 1.81. The van der Waals surface area contributed by atoms with Crippen molar-refractivity contribution in [1.82, 2.24) is 9.80 Å². The van der Waals surface area contributed by atoms with Crippen LogP contribution in [0.3, 0.4) is 0 Å². The van der Waals surface area contributed by atoms with Gasteiger partial charge in [0.1, 0.15) is 5.70 Å². The van der Waals surface area contributed by atoms with Crippen LogP contribution in [0.5, 0.6) is 0 Å². The van der Waals surface area contributed by atoms with E-state index >= 15 is 0 Å². The van der Waals surface area contributed by atoms with Crippen molar-refractivity contribution in [2.75, 3.05) is 32.1 Å². The standard InChI is InChI=1S/C26H30ClN3O2/c1-16-6-8-19(14-18(16)3)23-24(29(5)20-10-12-28(4)13-11-20)26(32)30(25(23)31)21-9-7-17(2)22(27)15-21/h6-9,14-15,20H,10-13H2,1-5H3. The smallest absolute Gasteiger partial charge is 0.282 e. The Morgan fingerprint density at radius 1 is 0.906 bits per heavy atom. The highest BCUT2D eigenvalue weighted by atomic mass is 35.5. The molecule has 0 bridgehead atoms. The molecule has 32 heavy (non-hydrogen) atoms. The minimum Gasteiger partial charge on any atom is -0.366 e. The number of carbonyl (C=O) groups excluding carboxylic acids is 2. The summed E-state index contributed by atoms with van der Waals surface area (Å²) >= 11 is 6.34. The minimum absolute atomic E-state index is 0.209. The fourth-order valence-electron chi connectivity index (χ4n) is 4.52. The van der Waals surface area contributed by atoms with Gasteiger partial charge in [-0.2, -0.15) is 0 Å². The van der Waals surface area contributed by atoms with Crippen LogP contribution in [-0.4, -0.2) is 54.8 Å². The molecule has 0 atom stereocenters. The first kappa shape index (κ1) is 22.6. The third kappa shape index (κ3) is 3.96. The highest BCUT2D eigenvalue weighted by Gasteiger charge is 2.43. The number of likely N-dealkylation sites (tertiary alicyclic amines) is 1. The average Bonchev–Trinajstić information content (AvgIpc) is 3.02. The van der Waals surface area contributed by atoms with E-state index in [2.05, 4.69) is 11.9 Å². The molecule has 2 aromatic carbocycles. The number of piperidine rings is 1. The number of rotatable bonds is 4. The van der Waals surface area contributed by atoms with Crippen LogP contribution < -0.4 is 4.90 Å². The van der Waals surface area contributed by atoms with Crippen molar-refractivity contribution in [2.24, 2.45) is 0 Å². The lowest BCUT2D eigenvalue weighted by molar-refractivity contribution is -0.120. The summed E-state index contributed by atoms with van der Waals surface area (Å²) in [7, 11) is 4.06. The van der Waals surface area contributed by atoms with Gasteiger partial charge in [-0.05, 0) is 88.1 Å². The minimum atomic E-state index is -0.298. The first-order valence-electron chi connectivity index (χ1n) is 11.1. The van der Waals surface area contributed by atoms with Gasteiger partial charge in [-0.3, -0.25) is 9.59 Å². The Labute approximate surface area is 195 Å². The lowest BCUT2D eigenvalue weighted by atomic mass is 9.97. The molecule has 168 valence electrons. The van der Waals surface area contributed by atoms with Crippen molar-refractivity contribution < 1.29 is 9.59 Å². The summed E-state index contributed by atoms with van der Waals surface area (Å²) in [6.45, 7) is 7.92. The van der Waals surface area contributed by atoms with Gasteiger partial charge in [-0.25, -0.2) is 4.90 Å². The lowest BCUT2D eigenvalue weighted by Crippen LogP contribution is -2.43. The molecule has 0 N–H and O–H groups in total. The highest BCUT2D eigenvalue weighted by Crippen LogP contribution is 2.37. The zero-order chi connectivity index (χ0) is 23.2. The van der Waals surface area contributed by atoms with Gasteiger partial charge in [-0.1, -0.05) is 35.9 Å². The number of benzene rings is 2. The van der Waals surface area contributed by atoms with Gasteiger partial charge in [-0.15, -0.1) is 0 Å². The van der Waals surface area contributed by atoms with Gasteiger partial charge in [0, 0.05) is 18.1 Å². The van der Waals surface area contributed by atoms with Crippen LogP contribution in [0.25, 0.3) is 5.57 Å². The second-order valence-electron chi connectivity index (χ2n) is 9.05. The molecule has 0 aromatic heterocycles. The molecule has 0 saturated carbocycles. The number of aryl methyl sites for hydroxylation is 3. The second kappa shape index (κ2) is 8.72. The van der Waals surface area contributed by atoms with Gasteiger partial charge < -0.3 is 9.80 Å². The fraction of sp³-hybridized carbons (Fsp3) is 0.385. The predicted octanol–water partition coefficient (Wildman–Crippen LogP) is 4.58. The average molecular weight is 452 g/mol. The molecule has 2 aromatic rings. The Morgan fingerprint density at radius 3 is 2.19 bits per heavy atom. The molecule has 0 unspecified atom stereocenters. The van der Waals surface area contributed by atoms with Crippen molar-refractivity contribution in [1.29, 1.82) is 0 Å². The van der Waals surface area contributed by atoms with Crippen LogP contribution in [-0.2, 0) is 9.59 Å². The van der Waals surface area contributed by atoms with E-state index < -0.39 is 0 Å². The maximum Gasteiger partial charge on any atom is 0.282 e. The SMILES string of the molecule is Cc1ccc(C2=C(N(C)C3CCN(C)CC3)C(=O)N(c3ccc(C)c(Cl)c3)C2=O)cc1C. The van der Waals surface area contributed by atoms with E-state index in [0.717, 1.165) is 48.2 Å². The Kier molecular flexibility index (Phi) is 6.15. The summed E-state index contributed by atoms with van der Waals surface area (Å²) in [6.07, 6.45) is 1.91. The topological polar surface area (TPSA) is 43.9 Å². The summed E-state index contributed by atoms with van der Waals surface area (Å²) < 4.78 is 0. The molecule has 2 aliphatic heterocycles. The molecule has 1 saturated heterocycles. The highest BCUT2D eigenvalue weighted by molar-refractivity contribution is 6.45. The summed E-state index contributed by atoms with van der Waals surface area (Å²) in [6, 6.07) is 11.5. The third-order valence-corrected chi connectivity index (χ3v) is 7.26. The summed E-state index contributed by atoms with van der Waals surface area (Å²) in [4.78, 5) is 33.1. The third-order valence-electron chi connectivity index (χ3n) is 6.86. The Bertz CT molecular complexity index is 1120. The van der Waals surface area contributed by atoms with Gasteiger partial charge in [0.2, 0.25) is 0 Å². The maximum atomic E-state index is 13.7. The van der Waals surface area contributed by atoms with Crippen LogP contribution in [0.1, 0.15) is 35.1 Å². The summed E-state index contributed by atoms with van der Waals surface area (Å²) in [5.41, 5.74) is 5.37. The molecule has 4 rings (SSSR count). The number of amides is 2. The van der Waals surface area contributed by atoms with E-state index in [4.69, 9.17) is 11.6 Å². The van der Waals surface area contributed by atoms with Crippen molar-refractivity contribution in [3.8, 4) is 0 Å². The molecule has 6 heteroatoms. The van der Waals surface area contributed by atoms with Gasteiger partial charge in [0.15, 0.2) is 0 Å². The second-order valence-corrected chi connectivity index (χ2v) is 9.45. The molecule has 2 aliphatic rings. The molecular weight excluding hydrogens is 422 g/mol. The van der Waals surface area contributed by atoms with Crippen LogP contribution in [0, 0.1) is 20.8 Å². The van der Waals surface area contributed by atoms with Crippen molar-refractivity contribution in [3.05, 3.63) is 69.4 Å². The van der Waals surface area contributed by atoms with Gasteiger partial charge in [0.05, 0.1) is 11.3 Å². The van der Waals surface area contributed by atoms with E-state index in [1.54, 1.807) is 12.1 Å². The zero-order valence-corrected chi connectivity index (χ0v) is 20.2. The molecule has 2 heterocycles. The first-order chi connectivity index (χ1) is 15.2. The number of carbonyl (C=O) groups is 2. The predicted molar refractivity (Wildman–Crippen MR) is 130 cm³/mol. The molecule has 1 fully saturated rings. The number of imide groups is 1. The molecule has 5 nitrogen and oxygen atoms in total. The summed E-state index contributed by atoms with van der Waals surface area (Å²) in [5, 5.41) is 0.535. The van der Waals surface area contributed by atoms with E-state index in [1.165, 1.54) is 4.90 Å². The number of anilines is 1. The number of nitrogens with zero attached hydrogens (tertiary/aromatic N) is 3. The summed E-state index contributed by atoms with van der Waals surface area (Å²) in [5.74, 6) is -0.586. The number of likely N-dealkylation sites (N-methyl/N-ethyl adjacent to an activating group) is 1. The van der Waals surface area contributed by atoms with Crippen LogP contribution in [0.15, 0.2) is 42.1 Å². The van der Waals surface area contributed by atoms with Crippen LogP contribution in [0.4, 0.5) is 5.69 Å². The Hall–Kier alpha value is -2.63. The maximum absolute atomic E-state index is 13.7. The van der Waals surface area contributed by atoms with E-state index in [1.807, 2.05) is 57.0 Å². The molecule has 0 radical (unpaired) electrons. The van der Waals surface area contributed by atoms with Crippen molar-refractivity contribution in [2.45, 2.75) is 39.7 Å². The van der Waals surface area contributed by atoms with Crippen molar-refractivity contribution in [3.63, 3.8) is 0 Å². The van der Waals surface area contributed by atoms with E-state index in [9.17, 15) is 9.59 Å². The van der Waals surface area contributed by atoms with Crippen molar-refractivity contribution >= 4 is 34.7 Å². The number of hydrogen-bond donors (Lipinski definition) is 0. The first-order valence-corrected chi connectivity index (χ1v) is 11.4. The largest absolute Gasteiger partial charge is 0.366 e. The van der Waals surface area contributed by atoms with Gasteiger partial charge >= 0.3 is 0 Å². The van der Waals surface area contributed by atoms with Crippen LogP contribution >= 0.6 is 11.6 Å². The molecule has 0 spiro atoms. The van der Waals surface area contributed by atoms with Crippen LogP contribution in [0.2, 0.25) is 5.02 Å². The van der Waals surface area contributed by atoms with E-state index in [0.29, 0.717) is 22.0 Å². The molecule has 0 aliphatic carbocycles. The fourth-order valence-corrected chi connectivity index (χ4v) is 4.70. The normalized spacial score (nSPS) is 18.1. The zero-order valence-electron chi connectivity index (χ0n) is 19.4. The van der Waals surface area contributed by atoms with E-state index in [-0.39, 0.29) is 17.9 Å². The van der Waals surface area contributed by atoms with Gasteiger partial charge in [0.25, 0.3) is 11.8 Å². The quantitative estimate of drug-likeness (QED) is 0.638. The molecule has 2 amide bonds. The molecular formula is C26H30ClN3O2. The number of hydrogen-bond acceptors (Lipinski definition) is 4. The Morgan fingerprint density at radius 2 is 1.56 bits per heavy atom. The number of halogens is 1. The monoisotopic (exact) mass is 451 g/mol.